The van der Waals surface area contributed by atoms with E-state index in [0.29, 0.717) is 5.92 Å². The van der Waals surface area contributed by atoms with Crippen LogP contribution in [0.2, 0.25) is 0 Å². The van der Waals surface area contributed by atoms with Crippen LogP contribution in [0, 0.1) is 0 Å². The van der Waals surface area contributed by atoms with Crippen LogP contribution in [-0.2, 0) is 6.42 Å². The number of aromatic amines is 1. The number of methoxy groups -OCH3 is 1. The molecule has 0 fully saturated rings. The number of H-pyrrole nitrogens is 1. The van der Waals surface area contributed by atoms with E-state index in [2.05, 4.69) is 76.8 Å². The normalized spacial score (nSPS) is 17.4. The summed E-state index contributed by atoms with van der Waals surface area (Å²) in [6.45, 7) is 3.34. The molecule has 0 saturated carbocycles. The number of nitrogens with one attached hydrogen (secondary N) is 1. The van der Waals surface area contributed by atoms with E-state index >= 15 is 0 Å². The zero-order valence-electron chi connectivity index (χ0n) is 16.0. The lowest BCUT2D eigenvalue weighted by Gasteiger charge is -2.29. The van der Waals surface area contributed by atoms with Crippen LogP contribution in [0.1, 0.15) is 29.9 Å². The number of rotatable bonds is 7. The van der Waals surface area contributed by atoms with Gasteiger partial charge in [0.1, 0.15) is 5.75 Å². The highest BCUT2D eigenvalue weighted by Gasteiger charge is 2.17. The molecule has 1 aromatic heterocycles. The lowest BCUT2D eigenvalue weighted by atomic mass is 9.95. The summed E-state index contributed by atoms with van der Waals surface area (Å²) in [5.41, 5.74) is 4.06. The lowest BCUT2D eigenvalue weighted by Crippen LogP contribution is -2.32. The van der Waals surface area contributed by atoms with Crippen LogP contribution in [0.15, 0.2) is 66.9 Å². The van der Waals surface area contributed by atoms with E-state index in [-0.39, 0.29) is 0 Å². The molecule has 0 amide bonds. The molecule has 4 rings (SSSR count). The van der Waals surface area contributed by atoms with Gasteiger partial charge in [-0.3, -0.25) is 4.90 Å². The maximum atomic E-state index is 5.27. The zero-order valence-corrected chi connectivity index (χ0v) is 16.0. The van der Waals surface area contributed by atoms with Crippen molar-refractivity contribution in [2.24, 2.45) is 0 Å². The van der Waals surface area contributed by atoms with Crippen LogP contribution in [0.5, 0.6) is 5.75 Å². The first-order valence-electron chi connectivity index (χ1n) is 9.91. The number of fused-ring (bicyclic) bond motifs is 1. The number of hydrogen-bond donors (Lipinski definition) is 1. The Balaban J connectivity index is 1.27. The van der Waals surface area contributed by atoms with Crippen molar-refractivity contribution in [2.45, 2.75) is 25.2 Å². The Kier molecular flexibility index (Phi) is 5.59. The first-order valence-corrected chi connectivity index (χ1v) is 9.91. The van der Waals surface area contributed by atoms with Gasteiger partial charge >= 0.3 is 0 Å². The molecule has 3 heteroatoms. The number of hydrogen-bond acceptors (Lipinski definition) is 2. The fourth-order valence-corrected chi connectivity index (χ4v) is 4.03. The molecule has 1 aliphatic heterocycles. The molecule has 1 atom stereocenters. The van der Waals surface area contributed by atoms with Crippen molar-refractivity contribution in [1.82, 2.24) is 9.88 Å². The average Bonchev–Trinajstić information content (AvgIpc) is 3.15. The molecular weight excluding hydrogens is 332 g/mol. The van der Waals surface area contributed by atoms with Gasteiger partial charge in [0.25, 0.3) is 0 Å². The fourth-order valence-electron chi connectivity index (χ4n) is 4.03. The molecule has 1 N–H and O–H groups in total. The van der Waals surface area contributed by atoms with Crippen molar-refractivity contribution in [1.29, 1.82) is 0 Å². The number of aromatic nitrogens is 1. The third-order valence-electron chi connectivity index (χ3n) is 5.58. The standard InChI is InChI=1S/C24H28N2O/c1-27-22-13-11-19(12-14-22)21-8-6-16-26(18-21)15-5-4-7-20-17-25-24-10-3-2-9-23(20)24/h2-3,6,8-14,17,21,25H,4-5,7,15-16,18H2,1H3. The van der Waals surface area contributed by atoms with E-state index in [1.807, 2.05) is 0 Å². The van der Waals surface area contributed by atoms with E-state index in [4.69, 9.17) is 4.74 Å². The molecule has 3 aromatic rings. The highest BCUT2D eigenvalue weighted by molar-refractivity contribution is 5.82. The van der Waals surface area contributed by atoms with Gasteiger partial charge in [-0.2, -0.15) is 0 Å². The second kappa shape index (κ2) is 8.45. The molecule has 1 aliphatic rings. The number of unbranched alkanes of at least 4 members (excludes halogenated alkanes) is 1. The van der Waals surface area contributed by atoms with Gasteiger partial charge < -0.3 is 9.72 Å². The molecule has 0 spiro atoms. The molecular formula is C24H28N2O. The largest absolute Gasteiger partial charge is 0.497 e. The maximum absolute atomic E-state index is 5.27. The highest BCUT2D eigenvalue weighted by atomic mass is 16.5. The predicted octanol–water partition coefficient (Wildman–Crippen LogP) is 5.15. The van der Waals surface area contributed by atoms with E-state index in [1.165, 1.54) is 41.4 Å². The topological polar surface area (TPSA) is 28.3 Å². The molecule has 0 aliphatic carbocycles. The average molecular weight is 361 g/mol. The fraction of sp³-hybridized carbons (Fsp3) is 0.333. The summed E-state index contributed by atoms with van der Waals surface area (Å²) in [5, 5.41) is 1.37. The summed E-state index contributed by atoms with van der Waals surface area (Å²) in [6.07, 6.45) is 10.5. The van der Waals surface area contributed by atoms with Gasteiger partial charge in [0.15, 0.2) is 0 Å². The van der Waals surface area contributed by atoms with Crippen LogP contribution >= 0.6 is 0 Å². The molecule has 0 radical (unpaired) electrons. The molecule has 3 nitrogen and oxygen atoms in total. The number of benzene rings is 2. The van der Waals surface area contributed by atoms with E-state index in [1.54, 1.807) is 7.11 Å². The summed E-state index contributed by atoms with van der Waals surface area (Å²) >= 11 is 0. The van der Waals surface area contributed by atoms with E-state index < -0.39 is 0 Å². The Morgan fingerprint density at radius 3 is 2.78 bits per heavy atom. The van der Waals surface area contributed by atoms with Gasteiger partial charge in [-0.25, -0.2) is 0 Å². The quantitative estimate of drug-likeness (QED) is 0.466. The summed E-state index contributed by atoms with van der Waals surface area (Å²) < 4.78 is 5.27. The Morgan fingerprint density at radius 1 is 1.07 bits per heavy atom. The second-order valence-corrected chi connectivity index (χ2v) is 7.38. The van der Waals surface area contributed by atoms with E-state index in [9.17, 15) is 0 Å². The maximum Gasteiger partial charge on any atom is 0.118 e. The number of aryl methyl sites for hydroxylation is 1. The second-order valence-electron chi connectivity index (χ2n) is 7.38. The molecule has 2 aromatic carbocycles. The molecule has 27 heavy (non-hydrogen) atoms. The van der Waals surface area contributed by atoms with Gasteiger partial charge in [-0.1, -0.05) is 42.5 Å². The molecule has 2 heterocycles. The number of nitrogens with zero attached hydrogens (tertiary/aromatic N) is 1. The van der Waals surface area contributed by atoms with Crippen LogP contribution in [-0.4, -0.2) is 36.6 Å². The summed E-state index contributed by atoms with van der Waals surface area (Å²) in [7, 11) is 1.72. The Labute approximate surface area is 161 Å². The van der Waals surface area contributed by atoms with Crippen LogP contribution in [0.4, 0.5) is 0 Å². The Morgan fingerprint density at radius 2 is 1.93 bits per heavy atom. The van der Waals surface area contributed by atoms with Gasteiger partial charge in [0.05, 0.1) is 7.11 Å². The summed E-state index contributed by atoms with van der Waals surface area (Å²) in [6, 6.07) is 17.1. The van der Waals surface area contributed by atoms with Crippen molar-refractivity contribution < 1.29 is 4.74 Å². The van der Waals surface area contributed by atoms with Crippen molar-refractivity contribution in [3.8, 4) is 5.75 Å². The minimum atomic E-state index is 0.485. The third kappa shape index (κ3) is 4.25. The first kappa shape index (κ1) is 17.9. The van der Waals surface area contributed by atoms with Gasteiger partial charge in [0.2, 0.25) is 0 Å². The van der Waals surface area contributed by atoms with Gasteiger partial charge in [-0.05, 0) is 55.1 Å². The van der Waals surface area contributed by atoms with E-state index in [0.717, 1.165) is 25.3 Å². The summed E-state index contributed by atoms with van der Waals surface area (Å²) in [4.78, 5) is 5.96. The molecule has 140 valence electrons. The highest BCUT2D eigenvalue weighted by Crippen LogP contribution is 2.25. The number of para-hydroxylation sites is 1. The smallest absolute Gasteiger partial charge is 0.118 e. The van der Waals surface area contributed by atoms with Gasteiger partial charge in [-0.15, -0.1) is 0 Å². The number of ether oxygens (including phenoxy) is 1. The van der Waals surface area contributed by atoms with Crippen LogP contribution in [0.3, 0.4) is 0 Å². The predicted molar refractivity (Wildman–Crippen MR) is 113 cm³/mol. The van der Waals surface area contributed by atoms with Gasteiger partial charge in [0, 0.05) is 36.1 Å². The monoisotopic (exact) mass is 360 g/mol. The minimum Gasteiger partial charge on any atom is -0.497 e. The van der Waals surface area contributed by atoms with Crippen LogP contribution < -0.4 is 4.74 Å². The minimum absolute atomic E-state index is 0.485. The third-order valence-corrected chi connectivity index (χ3v) is 5.58. The summed E-state index contributed by atoms with van der Waals surface area (Å²) in [5.74, 6) is 1.41. The SMILES string of the molecule is COc1ccc(C2C=CCN(CCCCc3c[nH]c4ccccc34)C2)cc1. The van der Waals surface area contributed by atoms with Crippen molar-refractivity contribution in [3.63, 3.8) is 0 Å². The Bertz CT molecular complexity index is 894. The Hall–Kier alpha value is -2.52. The molecule has 0 bridgehead atoms. The van der Waals surface area contributed by atoms with Crippen LogP contribution in [0.25, 0.3) is 10.9 Å². The zero-order chi connectivity index (χ0) is 18.5. The lowest BCUT2D eigenvalue weighted by molar-refractivity contribution is 0.278. The van der Waals surface area contributed by atoms with Crippen molar-refractivity contribution in [2.75, 3.05) is 26.7 Å². The van der Waals surface area contributed by atoms with Crippen molar-refractivity contribution >= 4 is 10.9 Å². The molecule has 0 saturated heterocycles. The molecule has 1 unspecified atom stereocenters. The van der Waals surface area contributed by atoms with Crippen molar-refractivity contribution in [3.05, 3.63) is 78.0 Å². The first-order chi connectivity index (χ1) is 13.3.